The number of thioether (sulfide) groups is 4. The Kier molecular flexibility index (Phi) is 21.5. The number of hydrogen-bond acceptors (Lipinski definition) is 22. The van der Waals surface area contributed by atoms with Crippen LogP contribution in [0.2, 0.25) is 0 Å². The number of aliphatic carboxylic acids is 4. The van der Waals surface area contributed by atoms with Gasteiger partial charge in [0.2, 0.25) is 10.3 Å². The molecule has 4 amide bonds. The molecule has 26 nitrogen and oxygen atoms in total. The second-order valence-electron chi connectivity index (χ2n) is 14.8. The van der Waals surface area contributed by atoms with Crippen molar-refractivity contribution >= 4 is 94.6 Å². The van der Waals surface area contributed by atoms with Crippen molar-refractivity contribution < 1.29 is 181 Å². The Balaban J connectivity index is 0.000000260. The third-order valence-electron chi connectivity index (χ3n) is 10.3. The summed E-state index contributed by atoms with van der Waals surface area (Å²) in [5, 5.41) is 87.0. The summed E-state index contributed by atoms with van der Waals surface area (Å²) in [6, 6.07) is 7.10. The Bertz CT molecular complexity index is 2640. The Morgan fingerprint density at radius 3 is 1.32 bits per heavy atom. The molecule has 2 saturated heterocycles. The number of aromatic nitrogens is 8. The van der Waals surface area contributed by atoms with Gasteiger partial charge in [0.1, 0.15) is 47.6 Å². The van der Waals surface area contributed by atoms with Gasteiger partial charge >= 0.3 is 115 Å². The van der Waals surface area contributed by atoms with Crippen LogP contribution in [0.4, 0.5) is 8.78 Å². The number of β-lactam (4-membered cyclic amide) rings is 2. The van der Waals surface area contributed by atoms with E-state index in [0.29, 0.717) is 11.1 Å². The monoisotopic (exact) mass is 1120 g/mol. The zero-order valence-corrected chi connectivity index (χ0v) is 46.6. The Morgan fingerprint density at radius 2 is 1.00 bits per heavy atom. The molecule has 6 N–H and O–H groups in total. The molecule has 8 rings (SSSR count). The van der Waals surface area contributed by atoms with Gasteiger partial charge in [0.15, 0.2) is 12.2 Å². The standard InChI is InChI=1S/2C19H17FN6O7S2.2K/c2*20-10-3-1-8(2-4-10)14(29)15(30)21-12-16(31)26-13(18(32)33)9(6-34-17(12)26)7-35-19-22-23-24-25(19)5-11(27)28;;/h2*1-4,12,14,17,29H,5-7H2,(H,21,30)(H,27,28)(H,32,33);;/q;;2*+1/p-2/t2*12?,14-,17-;;/m11../s1. The Morgan fingerprint density at radius 1 is 0.653 bits per heavy atom. The van der Waals surface area contributed by atoms with E-state index in [0.717, 1.165) is 67.0 Å². The molecular formula is C38H32F2K2N12O14S4. The summed E-state index contributed by atoms with van der Waals surface area (Å²) in [5.74, 6) is -9.28. The molecule has 2 aromatic carbocycles. The predicted octanol–water partition coefficient (Wildman–Crippen LogP) is -9.74. The average molecular weight is 1130 g/mol. The van der Waals surface area contributed by atoms with Crippen molar-refractivity contribution in [1.82, 2.24) is 60.8 Å². The van der Waals surface area contributed by atoms with Crippen LogP contribution in [-0.2, 0) is 51.4 Å². The van der Waals surface area contributed by atoms with Gasteiger partial charge in [-0.15, -0.1) is 33.7 Å². The number of carboxylic acids is 4. The van der Waals surface area contributed by atoms with Gasteiger partial charge in [-0.1, -0.05) is 47.8 Å². The van der Waals surface area contributed by atoms with Gasteiger partial charge in [0.25, 0.3) is 23.6 Å². The first-order valence-electron chi connectivity index (χ1n) is 19.8. The fourth-order valence-electron chi connectivity index (χ4n) is 6.98. The quantitative estimate of drug-likeness (QED) is 0.0306. The number of aliphatic hydroxyl groups is 2. The van der Waals surface area contributed by atoms with Gasteiger partial charge in [-0.25, -0.2) is 18.1 Å². The van der Waals surface area contributed by atoms with E-state index in [4.69, 9.17) is 10.2 Å². The van der Waals surface area contributed by atoms with Crippen molar-refractivity contribution in [3.8, 4) is 0 Å². The number of nitrogens with one attached hydrogen (secondary N) is 2. The minimum absolute atomic E-state index is 0. The zero-order chi connectivity index (χ0) is 50.6. The van der Waals surface area contributed by atoms with E-state index < -0.39 is 107 Å². The number of carboxylic acid groups (broad SMARTS) is 4. The van der Waals surface area contributed by atoms with Crippen molar-refractivity contribution in [2.24, 2.45) is 0 Å². The maximum Gasteiger partial charge on any atom is 1.00 e. The van der Waals surface area contributed by atoms with Crippen LogP contribution >= 0.6 is 47.0 Å². The first-order valence-corrected chi connectivity index (χ1v) is 23.9. The molecular weight excluding hydrogens is 1090 g/mol. The zero-order valence-electron chi connectivity index (χ0n) is 37.1. The molecule has 0 radical (unpaired) electrons. The van der Waals surface area contributed by atoms with Crippen LogP contribution < -0.4 is 124 Å². The molecule has 2 aromatic heterocycles. The fourth-order valence-corrected chi connectivity index (χ4v) is 11.7. The molecule has 368 valence electrons. The number of carbonyl (C=O) groups excluding carboxylic acids is 6. The Hall–Kier alpha value is -3.73. The van der Waals surface area contributed by atoms with E-state index in [-0.39, 0.29) is 159 Å². The number of fused-ring (bicyclic) bond motifs is 2. The van der Waals surface area contributed by atoms with Crippen molar-refractivity contribution in [3.05, 3.63) is 93.8 Å². The van der Waals surface area contributed by atoms with Crippen LogP contribution in [0.1, 0.15) is 23.3 Å². The largest absolute Gasteiger partial charge is 1.00 e. The number of benzene rings is 2. The van der Waals surface area contributed by atoms with E-state index in [1.54, 1.807) is 0 Å². The molecule has 0 spiro atoms. The van der Waals surface area contributed by atoms with Crippen molar-refractivity contribution in [2.45, 2.75) is 58.4 Å². The van der Waals surface area contributed by atoms with Crippen molar-refractivity contribution in [3.63, 3.8) is 0 Å². The number of hydrogen-bond donors (Lipinski definition) is 6. The SMILES string of the molecule is O=C(O)Cn1nnnc1SCC1=C(C(=O)[O-])N2C(=O)C(NC(=O)[C@H](O)c3ccc(F)cc3)[C@H]2SC1.O=C(O)Cn1nnnc1SCC1=C(C(=O)[O-])N2C(=O)C(NC(=O)[C@H](O)c3ccc(F)cc3)[C@H]2SC1.[K+].[K+]. The second-order valence-corrected chi connectivity index (χ2v) is 18.9. The second kappa shape index (κ2) is 26.2. The van der Waals surface area contributed by atoms with E-state index in [9.17, 15) is 67.6 Å². The normalized spacial score (nSPS) is 19.6. The van der Waals surface area contributed by atoms with Crippen LogP contribution in [0.15, 0.2) is 81.4 Å². The van der Waals surface area contributed by atoms with Gasteiger partial charge in [0.05, 0.1) is 23.3 Å². The third kappa shape index (κ3) is 13.6. The maximum atomic E-state index is 13.1. The van der Waals surface area contributed by atoms with Crippen molar-refractivity contribution in [2.75, 3.05) is 23.0 Å². The van der Waals surface area contributed by atoms with E-state index in [1.807, 2.05) is 0 Å². The summed E-state index contributed by atoms with van der Waals surface area (Å²) in [6.07, 6.45) is -3.29. The van der Waals surface area contributed by atoms with Crippen LogP contribution in [-0.4, -0.2) is 164 Å². The molecule has 0 saturated carbocycles. The molecule has 4 aromatic rings. The predicted molar refractivity (Wildman–Crippen MR) is 229 cm³/mol. The van der Waals surface area contributed by atoms with Gasteiger partial charge < -0.3 is 50.9 Å². The molecule has 2 fully saturated rings. The average Bonchev–Trinajstić information content (AvgIpc) is 3.97. The van der Waals surface area contributed by atoms with Gasteiger partial charge in [-0.3, -0.25) is 38.6 Å². The molecule has 6 atom stereocenters. The molecule has 2 unspecified atom stereocenters. The number of tetrazole rings is 2. The molecule has 4 aliphatic heterocycles. The summed E-state index contributed by atoms with van der Waals surface area (Å²) in [4.78, 5) is 97.9. The summed E-state index contributed by atoms with van der Waals surface area (Å²) in [5.41, 5.74) is 0.254. The number of amides is 4. The third-order valence-corrected chi connectivity index (χ3v) is 15.0. The molecule has 34 heteroatoms. The van der Waals surface area contributed by atoms with E-state index in [1.165, 1.54) is 47.8 Å². The smallest absolute Gasteiger partial charge is 0.543 e. The van der Waals surface area contributed by atoms with Gasteiger partial charge in [-0.05, 0) is 67.4 Å². The van der Waals surface area contributed by atoms with E-state index in [2.05, 4.69) is 41.7 Å². The fraction of sp³-hybridized carbons (Fsp3) is 0.316. The number of aliphatic hydroxyl groups excluding tert-OH is 2. The molecule has 0 aliphatic carbocycles. The molecule has 4 aliphatic rings. The first-order chi connectivity index (χ1) is 33.3. The molecule has 72 heavy (non-hydrogen) atoms. The minimum Gasteiger partial charge on any atom is -0.543 e. The van der Waals surface area contributed by atoms with Crippen LogP contribution in [0, 0.1) is 11.6 Å². The van der Waals surface area contributed by atoms with Gasteiger partial charge in [-0.2, -0.15) is 0 Å². The Labute approximate surface area is 504 Å². The number of nitrogens with zero attached hydrogens (tertiary/aromatic N) is 10. The molecule has 6 heterocycles. The number of carbonyl (C=O) groups is 8. The van der Waals surface area contributed by atoms with Crippen LogP contribution in [0.5, 0.6) is 0 Å². The molecule has 0 bridgehead atoms. The summed E-state index contributed by atoms with van der Waals surface area (Å²) < 4.78 is 28.2. The topological polar surface area (TPSA) is 381 Å². The minimum atomic E-state index is -1.65. The summed E-state index contributed by atoms with van der Waals surface area (Å²) >= 11 is 4.40. The summed E-state index contributed by atoms with van der Waals surface area (Å²) in [7, 11) is 0. The van der Waals surface area contributed by atoms with Crippen LogP contribution in [0.25, 0.3) is 0 Å². The summed E-state index contributed by atoms with van der Waals surface area (Å²) in [6.45, 7) is -0.956. The van der Waals surface area contributed by atoms with Crippen LogP contribution in [0.3, 0.4) is 0 Å². The maximum absolute atomic E-state index is 13.1. The van der Waals surface area contributed by atoms with Gasteiger partial charge in [0, 0.05) is 23.0 Å². The first kappa shape index (κ1) is 59.2. The number of halogens is 2. The van der Waals surface area contributed by atoms with Crippen molar-refractivity contribution in [1.29, 1.82) is 0 Å². The van der Waals surface area contributed by atoms with E-state index >= 15 is 0 Å². The number of rotatable bonds is 18.